The maximum Gasteiger partial charge on any atom is 0.309 e. The molecule has 2 N–H and O–H groups in total. The predicted molar refractivity (Wildman–Crippen MR) is 143 cm³/mol. The summed E-state index contributed by atoms with van der Waals surface area (Å²) in [5, 5.41) is 23.5. The molecule has 1 aromatic rings. The summed E-state index contributed by atoms with van der Waals surface area (Å²) in [6, 6.07) is 0.594. The van der Waals surface area contributed by atoms with E-state index >= 15 is 0 Å². The highest BCUT2D eigenvalue weighted by Crippen LogP contribution is 2.39. The molecule has 0 saturated carbocycles. The Kier molecular flexibility index (Phi) is 9.88. The second-order valence-electron chi connectivity index (χ2n) is 11.5. The summed E-state index contributed by atoms with van der Waals surface area (Å²) < 4.78 is 5.97. The highest BCUT2D eigenvalue weighted by molar-refractivity contribution is 7.09. The number of carbonyl (C=O) groups is 2. The molecule has 2 fully saturated rings. The third kappa shape index (κ3) is 7.24. The number of ketones is 1. The average Bonchev–Trinajstić information content (AvgIpc) is 3.25. The number of fused-ring (bicyclic) bond motifs is 1. The quantitative estimate of drug-likeness (QED) is 0.448. The van der Waals surface area contributed by atoms with E-state index in [1.165, 1.54) is 0 Å². The molecule has 0 radical (unpaired) electrons. The molecule has 0 aliphatic carbocycles. The van der Waals surface area contributed by atoms with Crippen LogP contribution in [0.15, 0.2) is 11.0 Å². The summed E-state index contributed by atoms with van der Waals surface area (Å²) in [7, 11) is 0. The molecule has 7 nitrogen and oxygen atoms in total. The topological polar surface area (TPSA) is 99.7 Å². The standard InChI is InChI=1S/C28H44N2O5S/c1-17-8-7-9-22-23(30(22)10-11-31)14-24(18(2)13-21-16-36-20(4)29-21)35-26(33)15-25(32)28(5,6)27(34)19(3)12-17/h13,16-17,19,22-25,31-32H,7-12,14-15H2,1-6H3/b18-13+/t17?,19?,22-,23?,24?,25?,30?/m1/s1. The molecule has 0 amide bonds. The lowest BCUT2D eigenvalue weighted by Crippen LogP contribution is -2.42. The van der Waals surface area contributed by atoms with Crippen LogP contribution in [0, 0.1) is 24.2 Å². The summed E-state index contributed by atoms with van der Waals surface area (Å²) in [5.41, 5.74) is 0.705. The van der Waals surface area contributed by atoms with E-state index in [2.05, 4.69) is 16.8 Å². The second-order valence-corrected chi connectivity index (χ2v) is 12.5. The van der Waals surface area contributed by atoms with Gasteiger partial charge in [-0.1, -0.05) is 40.5 Å². The van der Waals surface area contributed by atoms with E-state index in [1.807, 2.05) is 32.2 Å². The van der Waals surface area contributed by atoms with Crippen molar-refractivity contribution in [2.75, 3.05) is 13.2 Å². The molecule has 36 heavy (non-hydrogen) atoms. The minimum Gasteiger partial charge on any atom is -0.458 e. The van der Waals surface area contributed by atoms with Crippen molar-refractivity contribution in [1.82, 2.24) is 9.88 Å². The highest BCUT2D eigenvalue weighted by Gasteiger charge is 2.48. The number of aromatic nitrogens is 1. The molecule has 3 rings (SSSR count). The lowest BCUT2D eigenvalue weighted by atomic mass is 9.74. The SMILES string of the molecule is C/C(=C\c1csc(C)n1)C1CC2[C@@H](CCCC(C)CC(C)C(=O)C(C)(C)C(O)CC(=O)O1)N2CCO. The van der Waals surface area contributed by atoms with Gasteiger partial charge < -0.3 is 14.9 Å². The van der Waals surface area contributed by atoms with Crippen molar-refractivity contribution in [2.24, 2.45) is 17.3 Å². The number of aliphatic hydroxyl groups is 2. The van der Waals surface area contributed by atoms with Crippen molar-refractivity contribution < 1.29 is 24.5 Å². The molecule has 0 spiro atoms. The molecule has 2 saturated heterocycles. The number of carbonyl (C=O) groups excluding carboxylic acids is 2. The Hall–Kier alpha value is -1.61. The number of β-amino-alcohol motifs (C(OH)–C–C–N with tert-alkyl or cyclic N) is 1. The Morgan fingerprint density at radius 2 is 1.97 bits per heavy atom. The van der Waals surface area contributed by atoms with Gasteiger partial charge in [-0.3, -0.25) is 14.5 Å². The van der Waals surface area contributed by atoms with Gasteiger partial charge in [0.05, 0.1) is 35.2 Å². The largest absolute Gasteiger partial charge is 0.458 e. The molecule has 0 bridgehead atoms. The minimum absolute atomic E-state index is 0.00958. The van der Waals surface area contributed by atoms with Gasteiger partial charge in [-0.25, -0.2) is 4.98 Å². The number of thiazole rings is 1. The molecule has 7 atom stereocenters. The number of esters is 1. The number of aryl methyl sites for hydroxylation is 1. The number of rotatable bonds is 4. The van der Waals surface area contributed by atoms with Gasteiger partial charge in [0, 0.05) is 36.3 Å². The zero-order chi connectivity index (χ0) is 26.6. The number of cyclic esters (lactones) is 1. The second kappa shape index (κ2) is 12.3. The molecule has 2 aliphatic heterocycles. The first-order valence-electron chi connectivity index (χ1n) is 13.3. The number of hydrogen-bond acceptors (Lipinski definition) is 8. The van der Waals surface area contributed by atoms with Crippen LogP contribution in [0.2, 0.25) is 0 Å². The normalized spacial score (nSPS) is 34.7. The fourth-order valence-corrected chi connectivity index (χ4v) is 6.30. The number of aliphatic hydroxyl groups excluding tert-OH is 2. The predicted octanol–water partition coefficient (Wildman–Crippen LogP) is 4.39. The molecular weight excluding hydrogens is 476 g/mol. The molecule has 2 aliphatic rings. The number of nitrogens with zero attached hydrogens (tertiary/aromatic N) is 2. The molecule has 0 aromatic carbocycles. The molecule has 8 heteroatoms. The number of hydrogen-bond donors (Lipinski definition) is 2. The number of ether oxygens (including phenoxy) is 1. The fourth-order valence-electron chi connectivity index (χ4n) is 5.73. The Bertz CT molecular complexity index is 942. The Morgan fingerprint density at radius 3 is 2.61 bits per heavy atom. The van der Waals surface area contributed by atoms with E-state index < -0.39 is 23.6 Å². The van der Waals surface area contributed by atoms with Crippen molar-refractivity contribution in [1.29, 1.82) is 0 Å². The fraction of sp³-hybridized carbons (Fsp3) is 0.750. The van der Waals surface area contributed by atoms with E-state index in [0.29, 0.717) is 24.9 Å². The highest BCUT2D eigenvalue weighted by atomic mass is 32.1. The van der Waals surface area contributed by atoms with E-state index in [1.54, 1.807) is 25.2 Å². The van der Waals surface area contributed by atoms with Crippen LogP contribution in [0.1, 0.15) is 83.8 Å². The zero-order valence-electron chi connectivity index (χ0n) is 22.7. The van der Waals surface area contributed by atoms with Gasteiger partial charge in [0.15, 0.2) is 0 Å². The monoisotopic (exact) mass is 520 g/mol. The van der Waals surface area contributed by atoms with Crippen LogP contribution in [0.4, 0.5) is 0 Å². The van der Waals surface area contributed by atoms with E-state index in [9.17, 15) is 19.8 Å². The lowest BCUT2D eigenvalue weighted by molar-refractivity contribution is -0.153. The first kappa shape index (κ1) is 29.0. The van der Waals surface area contributed by atoms with Crippen LogP contribution >= 0.6 is 11.3 Å². The van der Waals surface area contributed by atoms with E-state index in [-0.39, 0.29) is 30.8 Å². The van der Waals surface area contributed by atoms with Crippen LogP contribution in [0.25, 0.3) is 6.08 Å². The van der Waals surface area contributed by atoms with Gasteiger partial charge in [0.1, 0.15) is 11.9 Å². The van der Waals surface area contributed by atoms with Gasteiger partial charge in [-0.05, 0) is 44.3 Å². The lowest BCUT2D eigenvalue weighted by Gasteiger charge is -2.32. The summed E-state index contributed by atoms with van der Waals surface area (Å²) in [6.07, 6.45) is 4.67. The zero-order valence-corrected chi connectivity index (χ0v) is 23.5. The average molecular weight is 521 g/mol. The summed E-state index contributed by atoms with van der Waals surface area (Å²) >= 11 is 1.57. The molecular formula is C28H44N2O5S. The van der Waals surface area contributed by atoms with Crippen LogP contribution in [0.5, 0.6) is 0 Å². The van der Waals surface area contributed by atoms with Crippen LogP contribution in [0.3, 0.4) is 0 Å². The van der Waals surface area contributed by atoms with Crippen LogP contribution < -0.4 is 0 Å². The third-order valence-corrected chi connectivity index (χ3v) is 8.83. The third-order valence-electron chi connectivity index (χ3n) is 8.04. The summed E-state index contributed by atoms with van der Waals surface area (Å²) in [6.45, 7) is 12.2. The van der Waals surface area contributed by atoms with E-state index in [4.69, 9.17) is 4.74 Å². The van der Waals surface area contributed by atoms with Crippen LogP contribution in [-0.4, -0.2) is 69.3 Å². The van der Waals surface area contributed by atoms with Crippen molar-refractivity contribution in [3.8, 4) is 0 Å². The van der Waals surface area contributed by atoms with Gasteiger partial charge in [-0.2, -0.15) is 0 Å². The van der Waals surface area contributed by atoms with Crippen molar-refractivity contribution >= 4 is 29.2 Å². The molecule has 3 heterocycles. The maximum absolute atomic E-state index is 13.2. The van der Waals surface area contributed by atoms with Crippen molar-refractivity contribution in [3.63, 3.8) is 0 Å². The molecule has 1 aromatic heterocycles. The van der Waals surface area contributed by atoms with Crippen LogP contribution in [-0.2, 0) is 14.3 Å². The summed E-state index contributed by atoms with van der Waals surface area (Å²) in [5.74, 6) is -0.301. The smallest absolute Gasteiger partial charge is 0.309 e. The van der Waals surface area contributed by atoms with E-state index in [0.717, 1.165) is 42.0 Å². The Balaban J connectivity index is 1.86. The maximum atomic E-state index is 13.2. The van der Waals surface area contributed by atoms with Gasteiger partial charge >= 0.3 is 5.97 Å². The van der Waals surface area contributed by atoms with Gasteiger partial charge in [0.2, 0.25) is 0 Å². The summed E-state index contributed by atoms with van der Waals surface area (Å²) in [4.78, 5) is 33.1. The molecule has 6 unspecified atom stereocenters. The first-order valence-corrected chi connectivity index (χ1v) is 14.2. The molecule has 202 valence electrons. The number of Topliss-reactive ketones (excluding diaryl/α,β-unsaturated/α-hetero) is 1. The van der Waals surface area contributed by atoms with Crippen molar-refractivity contribution in [3.05, 3.63) is 21.7 Å². The van der Waals surface area contributed by atoms with Gasteiger partial charge in [-0.15, -0.1) is 11.3 Å². The first-order chi connectivity index (χ1) is 16.9. The van der Waals surface area contributed by atoms with Crippen molar-refractivity contribution in [2.45, 2.75) is 104 Å². The Labute approximate surface area is 219 Å². The van der Waals surface area contributed by atoms with Gasteiger partial charge in [0.25, 0.3) is 0 Å². The minimum atomic E-state index is -1.12. The Morgan fingerprint density at radius 1 is 1.25 bits per heavy atom.